The van der Waals surface area contributed by atoms with Gasteiger partial charge in [0.1, 0.15) is 0 Å². The molecule has 1 saturated carbocycles. The molecule has 1 rings (SSSR count). The van der Waals surface area contributed by atoms with Crippen LogP contribution in [0.2, 0.25) is 19.6 Å². The van der Waals surface area contributed by atoms with Gasteiger partial charge in [-0.05, 0) is 55.0 Å². The summed E-state index contributed by atoms with van der Waals surface area (Å²) in [5.74, 6) is 0.740. The van der Waals surface area contributed by atoms with Crippen molar-refractivity contribution in [1.82, 2.24) is 0 Å². The number of halogens is 1. The summed E-state index contributed by atoms with van der Waals surface area (Å²) in [4.78, 5) is 0. The molecule has 0 bridgehead atoms. The number of rotatable bonds is 6. The van der Waals surface area contributed by atoms with Crippen molar-refractivity contribution in [3.05, 3.63) is 10.2 Å². The van der Waals surface area contributed by atoms with Gasteiger partial charge < -0.3 is 4.43 Å². The van der Waals surface area contributed by atoms with Crippen molar-refractivity contribution in [2.75, 3.05) is 0 Å². The van der Waals surface area contributed by atoms with Crippen LogP contribution in [0.1, 0.15) is 51.9 Å². The average molecular weight is 380 g/mol. The first kappa shape index (κ1) is 16.7. The molecule has 0 saturated heterocycles. The minimum atomic E-state index is -1.49. The molecule has 0 aliphatic heterocycles. The van der Waals surface area contributed by atoms with Crippen molar-refractivity contribution in [3.8, 4) is 0 Å². The summed E-state index contributed by atoms with van der Waals surface area (Å²) < 4.78 is 8.85. The first-order valence-electron chi connectivity index (χ1n) is 7.41. The van der Waals surface area contributed by atoms with Gasteiger partial charge in [-0.2, -0.15) is 0 Å². The molecule has 106 valence electrons. The normalized spacial score (nSPS) is 29.9. The Morgan fingerprint density at radius 2 is 2.06 bits per heavy atom. The Morgan fingerprint density at radius 1 is 1.33 bits per heavy atom. The summed E-state index contributed by atoms with van der Waals surface area (Å²) in [5.41, 5.74) is 0.0546. The van der Waals surface area contributed by atoms with Crippen LogP contribution in [0.25, 0.3) is 0 Å². The van der Waals surface area contributed by atoms with E-state index in [0.29, 0.717) is 0 Å². The standard InChI is InChI=1S/C15H29IOSi/c1-5-6-9-14-10-7-8-11-15(14,12-13-16)17-18(2,3)4/h12-14H,5-11H2,1-4H3/b13-12+. The molecule has 0 aromatic carbocycles. The molecule has 0 radical (unpaired) electrons. The van der Waals surface area contributed by atoms with Crippen LogP contribution < -0.4 is 0 Å². The van der Waals surface area contributed by atoms with E-state index in [1.165, 1.54) is 44.9 Å². The molecule has 2 unspecified atom stereocenters. The topological polar surface area (TPSA) is 9.23 Å². The molecule has 1 nitrogen and oxygen atoms in total. The maximum absolute atomic E-state index is 6.66. The van der Waals surface area contributed by atoms with E-state index in [4.69, 9.17) is 4.43 Å². The molecule has 1 aliphatic carbocycles. The van der Waals surface area contributed by atoms with Gasteiger partial charge in [-0.15, -0.1) is 0 Å². The van der Waals surface area contributed by atoms with Crippen molar-refractivity contribution in [1.29, 1.82) is 0 Å². The molecular formula is C15H29IOSi. The lowest BCUT2D eigenvalue weighted by atomic mass is 9.73. The second kappa shape index (κ2) is 7.43. The molecule has 0 aromatic heterocycles. The Balaban J connectivity index is 2.88. The van der Waals surface area contributed by atoms with E-state index >= 15 is 0 Å². The summed E-state index contributed by atoms with van der Waals surface area (Å²) >= 11 is 2.35. The smallest absolute Gasteiger partial charge is 0.184 e. The maximum Gasteiger partial charge on any atom is 0.184 e. The van der Waals surface area contributed by atoms with Crippen LogP contribution in [-0.4, -0.2) is 13.9 Å². The minimum absolute atomic E-state index is 0.0546. The van der Waals surface area contributed by atoms with Gasteiger partial charge >= 0.3 is 0 Å². The number of hydrogen-bond acceptors (Lipinski definition) is 1. The van der Waals surface area contributed by atoms with E-state index in [2.05, 4.69) is 59.3 Å². The van der Waals surface area contributed by atoms with E-state index in [0.717, 1.165) is 5.92 Å². The molecule has 0 N–H and O–H groups in total. The Kier molecular flexibility index (Phi) is 6.90. The van der Waals surface area contributed by atoms with Crippen LogP contribution in [0, 0.1) is 5.92 Å². The van der Waals surface area contributed by atoms with Crippen LogP contribution in [-0.2, 0) is 4.43 Å². The van der Waals surface area contributed by atoms with E-state index in [9.17, 15) is 0 Å². The Hall–Kier alpha value is 0.647. The second-order valence-electron chi connectivity index (χ2n) is 6.55. The van der Waals surface area contributed by atoms with Crippen LogP contribution >= 0.6 is 22.6 Å². The van der Waals surface area contributed by atoms with Gasteiger partial charge in [-0.3, -0.25) is 0 Å². The first-order chi connectivity index (χ1) is 8.43. The molecule has 3 heteroatoms. The molecule has 18 heavy (non-hydrogen) atoms. The van der Waals surface area contributed by atoms with Crippen LogP contribution in [0.5, 0.6) is 0 Å². The van der Waals surface area contributed by atoms with Crippen molar-refractivity contribution in [2.24, 2.45) is 5.92 Å². The highest BCUT2D eigenvalue weighted by Crippen LogP contribution is 2.42. The van der Waals surface area contributed by atoms with E-state index < -0.39 is 8.32 Å². The van der Waals surface area contributed by atoms with E-state index in [-0.39, 0.29) is 5.60 Å². The second-order valence-corrected chi connectivity index (χ2v) is 11.7. The van der Waals surface area contributed by atoms with Crippen molar-refractivity contribution in [2.45, 2.75) is 77.1 Å². The van der Waals surface area contributed by atoms with E-state index in [1.807, 2.05) is 0 Å². The quantitative estimate of drug-likeness (QED) is 0.411. The highest BCUT2D eigenvalue weighted by molar-refractivity contribution is 14.1. The zero-order valence-corrected chi connectivity index (χ0v) is 15.6. The summed E-state index contributed by atoms with van der Waals surface area (Å²) in [5, 5.41) is 0. The Labute approximate surface area is 128 Å². The third-order valence-corrected chi connectivity index (χ3v) is 5.16. The molecule has 0 heterocycles. The first-order valence-corrected chi connectivity index (χ1v) is 12.1. The SMILES string of the molecule is CCCCC1CCCCC1(/C=C/I)O[Si](C)(C)C. The average Bonchev–Trinajstić information content (AvgIpc) is 2.26. The lowest BCUT2D eigenvalue weighted by Gasteiger charge is -2.46. The lowest BCUT2D eigenvalue weighted by Crippen LogP contribution is -2.48. The third-order valence-electron chi connectivity index (χ3n) is 3.81. The predicted octanol–water partition coefficient (Wildman–Crippen LogP) is 5.91. The summed E-state index contributed by atoms with van der Waals surface area (Å²) in [6.07, 6.45) is 11.6. The predicted molar refractivity (Wildman–Crippen MR) is 91.8 cm³/mol. The Morgan fingerprint density at radius 3 is 2.61 bits per heavy atom. The minimum Gasteiger partial charge on any atom is -0.408 e. The van der Waals surface area contributed by atoms with E-state index in [1.54, 1.807) is 0 Å². The largest absolute Gasteiger partial charge is 0.408 e. The van der Waals surface area contributed by atoms with Gasteiger partial charge in [0.05, 0.1) is 5.60 Å². The number of hydrogen-bond donors (Lipinski definition) is 0. The van der Waals surface area contributed by atoms with Crippen LogP contribution in [0.3, 0.4) is 0 Å². The molecule has 0 spiro atoms. The van der Waals surface area contributed by atoms with Gasteiger partial charge in [0.15, 0.2) is 8.32 Å². The molecule has 0 amide bonds. The molecule has 0 aromatic rings. The molecule has 2 atom stereocenters. The highest BCUT2D eigenvalue weighted by atomic mass is 127. The van der Waals surface area contributed by atoms with Crippen LogP contribution in [0.15, 0.2) is 10.2 Å². The summed E-state index contributed by atoms with van der Waals surface area (Å²) in [6, 6.07) is 0. The fraction of sp³-hybridized carbons (Fsp3) is 0.867. The van der Waals surface area contributed by atoms with Gasteiger partial charge in [-0.25, -0.2) is 0 Å². The summed E-state index contributed by atoms with van der Waals surface area (Å²) in [6.45, 7) is 9.25. The fourth-order valence-electron chi connectivity index (χ4n) is 3.14. The molecular weight excluding hydrogens is 351 g/mol. The monoisotopic (exact) mass is 380 g/mol. The zero-order chi connectivity index (χ0) is 13.6. The van der Waals surface area contributed by atoms with Crippen LogP contribution in [0.4, 0.5) is 0 Å². The summed E-state index contributed by atoms with van der Waals surface area (Å²) in [7, 11) is -1.49. The van der Waals surface area contributed by atoms with Gasteiger partial charge in [0.25, 0.3) is 0 Å². The maximum atomic E-state index is 6.66. The zero-order valence-electron chi connectivity index (χ0n) is 12.5. The number of unbranched alkanes of at least 4 members (excludes halogenated alkanes) is 1. The van der Waals surface area contributed by atoms with Crippen molar-refractivity contribution < 1.29 is 4.43 Å². The van der Waals surface area contributed by atoms with Gasteiger partial charge in [0, 0.05) is 0 Å². The Bertz CT molecular complexity index is 272. The lowest BCUT2D eigenvalue weighted by molar-refractivity contribution is 0.00775. The fourth-order valence-corrected chi connectivity index (χ4v) is 5.23. The van der Waals surface area contributed by atoms with Crippen molar-refractivity contribution >= 4 is 30.9 Å². The van der Waals surface area contributed by atoms with Crippen molar-refractivity contribution in [3.63, 3.8) is 0 Å². The molecule has 1 fully saturated rings. The highest BCUT2D eigenvalue weighted by Gasteiger charge is 2.41. The third kappa shape index (κ3) is 4.97. The van der Waals surface area contributed by atoms with Gasteiger partial charge in [-0.1, -0.05) is 55.2 Å². The van der Waals surface area contributed by atoms with Gasteiger partial charge in [0.2, 0.25) is 0 Å². The molecule has 1 aliphatic rings.